The number of fused-ring (bicyclic) bond motifs is 1. The molecule has 2 aromatic heterocycles. The predicted molar refractivity (Wildman–Crippen MR) is 128 cm³/mol. The summed E-state index contributed by atoms with van der Waals surface area (Å²) < 4.78 is 59.2. The lowest BCUT2D eigenvalue weighted by Gasteiger charge is -2.34. The first-order valence-corrected chi connectivity index (χ1v) is 11.4. The molecule has 5 aromatic rings. The number of aromatic nitrogens is 5. The zero-order chi connectivity index (χ0) is 26.2. The molecule has 0 spiro atoms. The molecule has 2 heterocycles. The van der Waals surface area contributed by atoms with E-state index in [1.807, 2.05) is 0 Å². The smallest absolute Gasteiger partial charge is 0.137 e. The Labute approximate surface area is 209 Å². The first-order valence-electron chi connectivity index (χ1n) is 11.4. The number of anilines is 1. The predicted octanol–water partition coefficient (Wildman–Crippen LogP) is 4.95. The van der Waals surface area contributed by atoms with E-state index in [0.29, 0.717) is 22.7 Å². The molecule has 2 N–H and O–H groups in total. The summed E-state index contributed by atoms with van der Waals surface area (Å²) in [5.74, 6) is -2.96. The van der Waals surface area contributed by atoms with Gasteiger partial charge in [-0.15, -0.1) is 0 Å². The second kappa shape index (κ2) is 9.66. The van der Waals surface area contributed by atoms with Crippen LogP contribution >= 0.6 is 0 Å². The van der Waals surface area contributed by atoms with Crippen LogP contribution in [0.25, 0.3) is 10.9 Å². The molecule has 190 valence electrons. The van der Waals surface area contributed by atoms with E-state index in [1.165, 1.54) is 46.3 Å². The van der Waals surface area contributed by atoms with Gasteiger partial charge in [-0.25, -0.2) is 27.2 Å². The summed E-state index contributed by atoms with van der Waals surface area (Å²) in [4.78, 5) is 3.87. The minimum absolute atomic E-state index is 0.0595. The summed E-state index contributed by atoms with van der Waals surface area (Å²) in [5, 5.41) is 24.0. The van der Waals surface area contributed by atoms with Gasteiger partial charge in [0, 0.05) is 41.0 Å². The minimum Gasteiger partial charge on any atom is -0.381 e. The fourth-order valence-corrected chi connectivity index (χ4v) is 4.31. The Morgan fingerprint density at radius 3 is 2.49 bits per heavy atom. The Kier molecular flexibility index (Phi) is 6.38. The summed E-state index contributed by atoms with van der Waals surface area (Å²) in [7, 11) is 0. The Morgan fingerprint density at radius 1 is 1.00 bits per heavy atom. The third-order valence-corrected chi connectivity index (χ3v) is 6.41. The molecule has 37 heavy (non-hydrogen) atoms. The number of nitrogens with one attached hydrogen (secondary N) is 1. The van der Waals surface area contributed by atoms with E-state index in [-0.39, 0.29) is 24.2 Å². The number of aliphatic hydroxyl groups is 1. The largest absolute Gasteiger partial charge is 0.381 e. The van der Waals surface area contributed by atoms with Crippen LogP contribution in [0.5, 0.6) is 0 Å². The number of hydrogen-bond acceptors (Lipinski definition) is 5. The summed E-state index contributed by atoms with van der Waals surface area (Å²) in [6.07, 6.45) is 4.34. The third kappa shape index (κ3) is 4.77. The normalized spacial score (nSPS) is 14.0. The number of halogens is 4. The minimum atomic E-state index is -1.88. The summed E-state index contributed by atoms with van der Waals surface area (Å²) in [6.45, 7) is 1.43. The summed E-state index contributed by atoms with van der Waals surface area (Å²) in [5.41, 5.74) is -0.893. The molecule has 0 saturated heterocycles. The van der Waals surface area contributed by atoms with Gasteiger partial charge in [-0.1, -0.05) is 12.1 Å². The van der Waals surface area contributed by atoms with Crippen molar-refractivity contribution < 1.29 is 22.7 Å². The van der Waals surface area contributed by atoms with Gasteiger partial charge in [0.15, 0.2) is 0 Å². The van der Waals surface area contributed by atoms with Crippen molar-refractivity contribution >= 4 is 16.6 Å². The van der Waals surface area contributed by atoms with Gasteiger partial charge in [-0.3, -0.25) is 4.68 Å². The van der Waals surface area contributed by atoms with Gasteiger partial charge in [0.05, 0.1) is 18.1 Å². The van der Waals surface area contributed by atoms with Gasteiger partial charge >= 0.3 is 0 Å². The van der Waals surface area contributed by atoms with Crippen LogP contribution < -0.4 is 5.32 Å². The average Bonchev–Trinajstić information content (AvgIpc) is 3.52. The molecule has 0 aliphatic heterocycles. The van der Waals surface area contributed by atoms with Gasteiger partial charge < -0.3 is 10.4 Å². The van der Waals surface area contributed by atoms with Crippen molar-refractivity contribution in [2.75, 3.05) is 5.32 Å². The molecular weight excluding hydrogens is 488 g/mol. The highest BCUT2D eigenvalue weighted by molar-refractivity contribution is 5.82. The maximum absolute atomic E-state index is 14.9. The van der Waals surface area contributed by atoms with Crippen molar-refractivity contribution in [2.45, 2.75) is 31.7 Å². The Hall–Kier alpha value is -4.25. The van der Waals surface area contributed by atoms with E-state index in [0.717, 1.165) is 6.07 Å². The topological polar surface area (TPSA) is 80.8 Å². The molecule has 0 bridgehead atoms. The second-order valence-electron chi connectivity index (χ2n) is 8.75. The van der Waals surface area contributed by atoms with Crippen molar-refractivity contribution in [3.05, 3.63) is 108 Å². The van der Waals surface area contributed by atoms with Crippen molar-refractivity contribution in [3.63, 3.8) is 0 Å². The second-order valence-corrected chi connectivity index (χ2v) is 8.75. The molecule has 3 aromatic carbocycles. The van der Waals surface area contributed by atoms with E-state index >= 15 is 0 Å². The lowest BCUT2D eigenvalue weighted by atomic mass is 9.86. The maximum atomic E-state index is 14.9. The van der Waals surface area contributed by atoms with Gasteiger partial charge in [0.2, 0.25) is 0 Å². The van der Waals surface area contributed by atoms with Gasteiger partial charge in [0.25, 0.3) is 0 Å². The van der Waals surface area contributed by atoms with Crippen LogP contribution in [0.4, 0.5) is 23.2 Å². The van der Waals surface area contributed by atoms with Gasteiger partial charge in [-0.05, 0) is 43.3 Å². The van der Waals surface area contributed by atoms with E-state index in [2.05, 4.69) is 20.5 Å². The van der Waals surface area contributed by atoms with Crippen molar-refractivity contribution in [3.8, 4) is 0 Å². The molecule has 0 aliphatic rings. The number of benzene rings is 3. The maximum Gasteiger partial charge on any atom is 0.137 e. The summed E-state index contributed by atoms with van der Waals surface area (Å²) in [6, 6.07) is 11.0. The highest BCUT2D eigenvalue weighted by Crippen LogP contribution is 2.37. The quantitative estimate of drug-likeness (QED) is 0.289. The molecule has 0 aliphatic carbocycles. The van der Waals surface area contributed by atoms with Crippen LogP contribution in [0.15, 0.2) is 73.4 Å². The van der Waals surface area contributed by atoms with Crippen LogP contribution in [0, 0.1) is 23.3 Å². The zero-order valence-electron chi connectivity index (χ0n) is 19.6. The van der Waals surface area contributed by atoms with Gasteiger partial charge in [0.1, 0.15) is 41.5 Å². The van der Waals surface area contributed by atoms with E-state index in [4.69, 9.17) is 0 Å². The molecule has 0 amide bonds. The number of hydrogen-bond donors (Lipinski definition) is 2. The fraction of sp³-hybridized carbons (Fsp3) is 0.192. The van der Waals surface area contributed by atoms with Crippen LogP contribution in [-0.2, 0) is 18.7 Å². The molecule has 0 fully saturated rings. The average molecular weight is 510 g/mol. The Bertz CT molecular complexity index is 1530. The van der Waals surface area contributed by atoms with Crippen LogP contribution in [0.1, 0.15) is 24.1 Å². The first-order chi connectivity index (χ1) is 17.7. The monoisotopic (exact) mass is 510 g/mol. The Morgan fingerprint density at radius 2 is 1.78 bits per heavy atom. The van der Waals surface area contributed by atoms with Crippen LogP contribution in [0.3, 0.4) is 0 Å². The van der Waals surface area contributed by atoms with E-state index in [1.54, 1.807) is 31.3 Å². The highest BCUT2D eigenvalue weighted by Gasteiger charge is 2.41. The fourth-order valence-electron chi connectivity index (χ4n) is 4.31. The molecule has 2 atom stereocenters. The first kappa shape index (κ1) is 24.4. The van der Waals surface area contributed by atoms with Crippen LogP contribution in [-0.4, -0.2) is 29.7 Å². The molecular formula is C26H22F4N6O. The molecule has 0 radical (unpaired) electrons. The lowest BCUT2D eigenvalue weighted by molar-refractivity contribution is -0.0366. The molecule has 0 saturated carbocycles. The molecule has 7 nitrogen and oxygen atoms in total. The Balaban J connectivity index is 1.46. The van der Waals surface area contributed by atoms with Crippen LogP contribution in [0.2, 0.25) is 0 Å². The molecule has 5 rings (SSSR count). The van der Waals surface area contributed by atoms with Crippen molar-refractivity contribution in [2.24, 2.45) is 0 Å². The SMILES string of the molecule is C[C@@H](n1cc2cc(NCc3c(F)cccc3F)ccc2n1)[C@](O)(Cn1cncn1)c1ccc(F)cc1F. The third-order valence-electron chi connectivity index (χ3n) is 6.41. The van der Waals surface area contributed by atoms with Crippen molar-refractivity contribution in [1.82, 2.24) is 24.5 Å². The molecule has 11 heteroatoms. The van der Waals surface area contributed by atoms with Gasteiger partial charge in [-0.2, -0.15) is 10.2 Å². The summed E-state index contributed by atoms with van der Waals surface area (Å²) >= 11 is 0. The lowest BCUT2D eigenvalue weighted by Crippen LogP contribution is -2.40. The van der Waals surface area contributed by atoms with E-state index < -0.39 is 34.9 Å². The molecule has 0 unspecified atom stereocenters. The zero-order valence-corrected chi connectivity index (χ0v) is 19.6. The standard InChI is InChI=1S/C26H22F4N6O/c1-16(26(37,13-35-15-31-14-33-35)21-7-5-18(27)10-24(21)30)36-12-17-9-19(6-8-25(17)34-36)32-11-20-22(28)3-2-4-23(20)29/h2-10,12,14-16,32,37H,11,13H2,1H3/t16-,26-/m1/s1. The van der Waals surface area contributed by atoms with Crippen molar-refractivity contribution in [1.29, 1.82) is 0 Å². The van der Waals surface area contributed by atoms with E-state index in [9.17, 15) is 22.7 Å². The number of nitrogens with zero attached hydrogens (tertiary/aromatic N) is 5. The highest BCUT2D eigenvalue weighted by atomic mass is 19.1. The number of rotatable bonds is 8.